The van der Waals surface area contributed by atoms with Crippen molar-refractivity contribution in [1.82, 2.24) is 5.32 Å². The molecule has 0 bridgehead atoms. The molecule has 162 valence electrons. The Morgan fingerprint density at radius 1 is 1.06 bits per heavy atom. The van der Waals surface area contributed by atoms with Crippen molar-refractivity contribution in [1.29, 1.82) is 0 Å². The maximum absolute atomic E-state index is 13.0. The van der Waals surface area contributed by atoms with Crippen LogP contribution in [0.3, 0.4) is 0 Å². The number of nitrogens with zero attached hydrogens (tertiary/aromatic N) is 1. The average molecular weight is 445 g/mol. The van der Waals surface area contributed by atoms with Gasteiger partial charge in [-0.05, 0) is 54.5 Å². The number of likely N-dealkylation sites (N-methyl/N-ethyl adjacent to an activating group) is 1. The standard InChI is InChI=1S/C26H24N2O3S/c1-17(19-9-5-4-6-10-19)27-25(29)20-12-13-23-22(16-20)28(2)26(30)24(32-23)15-18-8-7-11-21(14-18)31-3/h4-17H,1-3H3,(H,27,29). The molecule has 0 saturated carbocycles. The first-order chi connectivity index (χ1) is 15.5. The third-order valence-corrected chi connectivity index (χ3v) is 6.43. The summed E-state index contributed by atoms with van der Waals surface area (Å²) in [6, 6.07) is 22.7. The van der Waals surface area contributed by atoms with Crippen molar-refractivity contribution in [3.05, 3.63) is 94.4 Å². The summed E-state index contributed by atoms with van der Waals surface area (Å²) in [6.45, 7) is 1.95. The smallest absolute Gasteiger partial charge is 0.264 e. The molecule has 0 aliphatic carbocycles. The SMILES string of the molecule is COc1cccc(C=C2Sc3ccc(C(=O)NC(C)c4ccccc4)cc3N(C)C2=O)c1. The van der Waals surface area contributed by atoms with Crippen molar-refractivity contribution in [2.24, 2.45) is 0 Å². The number of amides is 2. The van der Waals surface area contributed by atoms with Gasteiger partial charge in [-0.2, -0.15) is 0 Å². The number of fused-ring (bicyclic) bond motifs is 1. The summed E-state index contributed by atoms with van der Waals surface area (Å²) in [5.41, 5.74) is 3.17. The van der Waals surface area contributed by atoms with Crippen LogP contribution in [0.1, 0.15) is 34.5 Å². The molecule has 0 saturated heterocycles. The van der Waals surface area contributed by atoms with Gasteiger partial charge in [0.15, 0.2) is 0 Å². The highest BCUT2D eigenvalue weighted by molar-refractivity contribution is 8.04. The Hall–Kier alpha value is -3.51. The van der Waals surface area contributed by atoms with Gasteiger partial charge >= 0.3 is 0 Å². The molecular weight excluding hydrogens is 420 g/mol. The lowest BCUT2D eigenvalue weighted by molar-refractivity contribution is -0.114. The number of ether oxygens (including phenoxy) is 1. The second-order valence-electron chi connectivity index (χ2n) is 7.54. The third kappa shape index (κ3) is 4.55. The van der Waals surface area contributed by atoms with Crippen molar-refractivity contribution in [3.8, 4) is 5.75 Å². The van der Waals surface area contributed by atoms with Crippen molar-refractivity contribution in [2.75, 3.05) is 19.1 Å². The summed E-state index contributed by atoms with van der Waals surface area (Å²) in [6.07, 6.45) is 1.86. The molecule has 1 atom stereocenters. The largest absolute Gasteiger partial charge is 0.497 e. The highest BCUT2D eigenvalue weighted by Crippen LogP contribution is 2.42. The van der Waals surface area contributed by atoms with E-state index in [0.717, 1.165) is 27.5 Å². The molecule has 1 aliphatic rings. The van der Waals surface area contributed by atoms with Crippen LogP contribution in [0.25, 0.3) is 6.08 Å². The van der Waals surface area contributed by atoms with Crippen LogP contribution in [-0.2, 0) is 4.79 Å². The van der Waals surface area contributed by atoms with Crippen molar-refractivity contribution < 1.29 is 14.3 Å². The molecule has 2 amide bonds. The molecule has 0 aromatic heterocycles. The Morgan fingerprint density at radius 3 is 2.59 bits per heavy atom. The fourth-order valence-electron chi connectivity index (χ4n) is 3.52. The van der Waals surface area contributed by atoms with E-state index < -0.39 is 0 Å². The van der Waals surface area contributed by atoms with Gasteiger partial charge in [-0.1, -0.05) is 54.2 Å². The topological polar surface area (TPSA) is 58.6 Å². The van der Waals surface area contributed by atoms with Crippen LogP contribution >= 0.6 is 11.8 Å². The molecule has 1 aliphatic heterocycles. The normalized spacial score (nSPS) is 15.3. The predicted molar refractivity (Wildman–Crippen MR) is 129 cm³/mol. The van der Waals surface area contributed by atoms with E-state index >= 15 is 0 Å². The van der Waals surface area contributed by atoms with Crippen LogP contribution in [0, 0.1) is 0 Å². The molecule has 4 rings (SSSR count). The van der Waals surface area contributed by atoms with Gasteiger partial charge in [0, 0.05) is 17.5 Å². The molecule has 0 spiro atoms. The molecule has 3 aromatic carbocycles. The number of benzene rings is 3. The first-order valence-electron chi connectivity index (χ1n) is 10.3. The van der Waals surface area contributed by atoms with Gasteiger partial charge in [-0.3, -0.25) is 9.59 Å². The van der Waals surface area contributed by atoms with E-state index in [2.05, 4.69) is 5.32 Å². The zero-order chi connectivity index (χ0) is 22.7. The molecule has 1 heterocycles. The molecule has 3 aromatic rings. The van der Waals surface area contributed by atoms with Crippen LogP contribution in [0.5, 0.6) is 5.75 Å². The first kappa shape index (κ1) is 21.7. The molecule has 6 heteroatoms. The van der Waals surface area contributed by atoms with E-state index in [1.54, 1.807) is 31.2 Å². The summed E-state index contributed by atoms with van der Waals surface area (Å²) >= 11 is 1.41. The van der Waals surface area contributed by atoms with Crippen molar-refractivity contribution in [2.45, 2.75) is 17.9 Å². The fourth-order valence-corrected chi connectivity index (χ4v) is 4.62. The number of carbonyl (C=O) groups is 2. The van der Waals surface area contributed by atoms with Crippen molar-refractivity contribution in [3.63, 3.8) is 0 Å². The zero-order valence-electron chi connectivity index (χ0n) is 18.2. The Bertz CT molecular complexity index is 1190. The van der Waals surface area contributed by atoms with E-state index in [9.17, 15) is 9.59 Å². The van der Waals surface area contributed by atoms with Gasteiger partial charge in [0.2, 0.25) is 0 Å². The number of anilines is 1. The Morgan fingerprint density at radius 2 is 1.84 bits per heavy atom. The van der Waals surface area contributed by atoms with E-state index in [-0.39, 0.29) is 17.9 Å². The maximum Gasteiger partial charge on any atom is 0.264 e. The molecule has 32 heavy (non-hydrogen) atoms. The van der Waals surface area contributed by atoms with Crippen LogP contribution in [0.4, 0.5) is 5.69 Å². The lowest BCUT2D eigenvalue weighted by Gasteiger charge is -2.27. The maximum atomic E-state index is 13.0. The minimum absolute atomic E-state index is 0.111. The van der Waals surface area contributed by atoms with Gasteiger partial charge in [0.05, 0.1) is 23.7 Å². The Kier molecular flexibility index (Phi) is 6.32. The molecule has 0 radical (unpaired) electrons. The monoisotopic (exact) mass is 444 g/mol. The summed E-state index contributed by atoms with van der Waals surface area (Å²) in [5, 5.41) is 3.03. The average Bonchev–Trinajstić information content (AvgIpc) is 2.82. The van der Waals surface area contributed by atoms with Gasteiger partial charge in [-0.15, -0.1) is 0 Å². The van der Waals surface area contributed by atoms with Crippen LogP contribution in [0.2, 0.25) is 0 Å². The zero-order valence-corrected chi connectivity index (χ0v) is 19.0. The highest BCUT2D eigenvalue weighted by Gasteiger charge is 2.27. The van der Waals surface area contributed by atoms with Gasteiger partial charge in [0.25, 0.3) is 11.8 Å². The molecule has 5 nitrogen and oxygen atoms in total. The lowest BCUT2D eigenvalue weighted by Crippen LogP contribution is -2.31. The summed E-state index contributed by atoms with van der Waals surface area (Å²) in [4.78, 5) is 29.0. The predicted octanol–water partition coefficient (Wildman–Crippen LogP) is 5.30. The summed E-state index contributed by atoms with van der Waals surface area (Å²) in [5.74, 6) is 0.454. The number of nitrogens with one attached hydrogen (secondary N) is 1. The molecule has 1 N–H and O–H groups in total. The van der Waals surface area contributed by atoms with E-state index in [0.29, 0.717) is 10.5 Å². The van der Waals surface area contributed by atoms with E-state index in [4.69, 9.17) is 4.74 Å². The molecule has 1 unspecified atom stereocenters. The number of thioether (sulfide) groups is 1. The number of rotatable bonds is 5. The number of hydrogen-bond acceptors (Lipinski definition) is 4. The minimum Gasteiger partial charge on any atom is -0.497 e. The minimum atomic E-state index is -0.173. The highest BCUT2D eigenvalue weighted by atomic mass is 32.2. The third-order valence-electron chi connectivity index (χ3n) is 5.36. The number of methoxy groups -OCH3 is 1. The summed E-state index contributed by atoms with van der Waals surface area (Å²) < 4.78 is 5.27. The number of carbonyl (C=O) groups excluding carboxylic acids is 2. The van der Waals surface area contributed by atoms with Gasteiger partial charge in [0.1, 0.15) is 5.75 Å². The Balaban J connectivity index is 1.56. The quantitative estimate of drug-likeness (QED) is 0.543. The second-order valence-corrected chi connectivity index (χ2v) is 8.62. The second kappa shape index (κ2) is 9.32. The lowest BCUT2D eigenvalue weighted by atomic mass is 10.1. The van der Waals surface area contributed by atoms with Gasteiger partial charge in [-0.25, -0.2) is 0 Å². The molecular formula is C26H24N2O3S. The van der Waals surface area contributed by atoms with E-state index in [1.807, 2.05) is 73.7 Å². The Labute approximate surface area is 192 Å². The van der Waals surface area contributed by atoms with Gasteiger partial charge < -0.3 is 15.0 Å². The number of hydrogen-bond donors (Lipinski definition) is 1. The first-order valence-corrected chi connectivity index (χ1v) is 11.1. The molecule has 0 fully saturated rings. The van der Waals surface area contributed by atoms with E-state index in [1.165, 1.54) is 11.8 Å². The fraction of sp³-hybridized carbons (Fsp3) is 0.154. The van der Waals surface area contributed by atoms with Crippen molar-refractivity contribution >= 4 is 35.3 Å². The van der Waals surface area contributed by atoms with Crippen LogP contribution in [-0.4, -0.2) is 26.0 Å². The van der Waals surface area contributed by atoms with Crippen LogP contribution < -0.4 is 15.0 Å². The van der Waals surface area contributed by atoms with Crippen LogP contribution in [0.15, 0.2) is 82.6 Å². The summed E-state index contributed by atoms with van der Waals surface area (Å²) in [7, 11) is 3.35.